The number of alkyl halides is 3. The van der Waals surface area contributed by atoms with Crippen molar-refractivity contribution in [3.63, 3.8) is 0 Å². The molecule has 3 heterocycles. The minimum absolute atomic E-state index is 0.0179. The first-order valence-electron chi connectivity index (χ1n) is 14.8. The monoisotopic (exact) mass is 609 g/mol. The molecule has 2 fully saturated rings. The topological polar surface area (TPSA) is 69.7 Å². The van der Waals surface area contributed by atoms with Crippen LogP contribution in [0.25, 0.3) is 0 Å². The van der Waals surface area contributed by atoms with Crippen LogP contribution in [-0.2, 0) is 33.0 Å². The maximum atomic E-state index is 15.3. The van der Waals surface area contributed by atoms with Gasteiger partial charge in [0, 0.05) is 30.3 Å². The van der Waals surface area contributed by atoms with Gasteiger partial charge in [0.25, 0.3) is 11.8 Å². The Morgan fingerprint density at radius 3 is 2.07 bits per heavy atom. The summed E-state index contributed by atoms with van der Waals surface area (Å²) in [6, 6.07) is 29.1. The minimum Gasteiger partial charge on any atom is -0.331 e. The number of para-hydroxylation sites is 1. The number of hydrogen-bond acceptors (Lipinski definition) is 4. The number of rotatable bonds is 5. The molecule has 2 saturated heterocycles. The van der Waals surface area contributed by atoms with Crippen LogP contribution in [-0.4, -0.2) is 41.3 Å². The van der Waals surface area contributed by atoms with Gasteiger partial charge in [-0.05, 0) is 29.7 Å². The molecule has 45 heavy (non-hydrogen) atoms. The summed E-state index contributed by atoms with van der Waals surface area (Å²) in [6.07, 6.45) is -4.86. The van der Waals surface area contributed by atoms with Gasteiger partial charge in [0.15, 0.2) is 0 Å². The average Bonchev–Trinajstić information content (AvgIpc) is 3.57. The van der Waals surface area contributed by atoms with E-state index in [1.807, 2.05) is 36.4 Å². The highest BCUT2D eigenvalue weighted by molar-refractivity contribution is 6.42. The van der Waals surface area contributed by atoms with Crippen molar-refractivity contribution in [2.45, 2.75) is 43.7 Å². The number of Topliss-reactive ketones (excluding diaryl/α,β-unsaturated/α-hetero) is 1. The van der Waals surface area contributed by atoms with Gasteiger partial charge in [0.05, 0.1) is 12.0 Å². The molecular formula is C36H30F3N3O3. The van der Waals surface area contributed by atoms with Gasteiger partial charge in [-0.25, -0.2) is 0 Å². The van der Waals surface area contributed by atoms with Crippen molar-refractivity contribution >= 4 is 23.3 Å². The molecule has 2 amide bonds. The number of carbonyl (C=O) groups excluding carboxylic acids is 3. The van der Waals surface area contributed by atoms with E-state index < -0.39 is 46.7 Å². The Bertz CT molecular complexity index is 1810. The normalized spacial score (nSPS) is 26.0. The van der Waals surface area contributed by atoms with Crippen LogP contribution in [0.2, 0.25) is 0 Å². The lowest BCUT2D eigenvalue weighted by Crippen LogP contribution is -2.60. The number of nitrogens with zero attached hydrogens (tertiary/aromatic N) is 2. The molecule has 7 rings (SSSR count). The number of amides is 2. The first kappa shape index (κ1) is 29.0. The molecule has 228 valence electrons. The average molecular weight is 610 g/mol. The van der Waals surface area contributed by atoms with E-state index in [0.29, 0.717) is 11.3 Å². The Labute approximate surface area is 258 Å². The van der Waals surface area contributed by atoms with Crippen molar-refractivity contribution in [3.8, 4) is 0 Å². The molecule has 0 aromatic heterocycles. The molecule has 3 aliphatic heterocycles. The predicted octanol–water partition coefficient (Wildman–Crippen LogP) is 5.65. The molecule has 4 atom stereocenters. The fourth-order valence-electron chi connectivity index (χ4n) is 7.76. The highest BCUT2D eigenvalue weighted by Crippen LogP contribution is 2.65. The van der Waals surface area contributed by atoms with Gasteiger partial charge < -0.3 is 9.80 Å². The number of ketones is 1. The molecule has 2 spiro atoms. The number of carbonyl (C=O) groups is 3. The largest absolute Gasteiger partial charge is 0.404 e. The predicted molar refractivity (Wildman–Crippen MR) is 162 cm³/mol. The second-order valence-corrected chi connectivity index (χ2v) is 12.1. The number of aryl methyl sites for hydroxylation is 1. The van der Waals surface area contributed by atoms with E-state index in [4.69, 9.17) is 0 Å². The van der Waals surface area contributed by atoms with E-state index in [9.17, 15) is 14.4 Å². The standard InChI is InChI=1S/C36H30F3N3O3/c1-23-11-10-16-26(19-23)29-30(36(37,38)39)40-35(34(29)22-41(32(44)31(34)43)20-24-12-4-2-5-13-24)27-17-8-9-18-28(27)42(33(35)45)21-25-14-6-3-7-15-25/h2-19,29-30,40H,20-22H2,1H3/t29-,30+,34-,35-/m1/s1. The second kappa shape index (κ2) is 10.4. The molecule has 0 unspecified atom stereocenters. The van der Waals surface area contributed by atoms with Gasteiger partial charge in [-0.15, -0.1) is 0 Å². The quantitative estimate of drug-likeness (QED) is 0.297. The van der Waals surface area contributed by atoms with Crippen molar-refractivity contribution in [3.05, 3.63) is 137 Å². The van der Waals surface area contributed by atoms with Gasteiger partial charge in [-0.2, -0.15) is 13.2 Å². The highest BCUT2D eigenvalue weighted by atomic mass is 19.4. The van der Waals surface area contributed by atoms with E-state index in [0.717, 1.165) is 11.1 Å². The SMILES string of the molecule is Cc1cccc([C@@H]2[C@@H](C(F)(F)F)N[C@]3(C(=O)N(Cc4ccccc4)c4ccccc43)[C@]23CN(Cc2ccccc2)C(=O)C3=O)c1. The van der Waals surface area contributed by atoms with E-state index in [-0.39, 0.29) is 30.8 Å². The third kappa shape index (κ3) is 4.24. The number of anilines is 1. The fourth-order valence-corrected chi connectivity index (χ4v) is 7.76. The van der Waals surface area contributed by atoms with Gasteiger partial charge in [0.2, 0.25) is 5.78 Å². The Morgan fingerprint density at radius 2 is 1.42 bits per heavy atom. The molecule has 4 aromatic carbocycles. The van der Waals surface area contributed by atoms with Gasteiger partial charge in [-0.3, -0.25) is 19.7 Å². The van der Waals surface area contributed by atoms with Crippen LogP contribution in [0.4, 0.5) is 18.9 Å². The third-order valence-electron chi connectivity index (χ3n) is 9.55. The van der Waals surface area contributed by atoms with Crippen molar-refractivity contribution in [2.24, 2.45) is 5.41 Å². The Morgan fingerprint density at radius 1 is 0.800 bits per heavy atom. The number of likely N-dealkylation sites (tertiary alicyclic amines) is 1. The highest BCUT2D eigenvalue weighted by Gasteiger charge is 2.81. The lowest BCUT2D eigenvalue weighted by Gasteiger charge is -2.40. The Hall–Kier alpha value is -4.76. The number of fused-ring (bicyclic) bond motifs is 3. The van der Waals surface area contributed by atoms with Gasteiger partial charge in [-0.1, -0.05) is 109 Å². The zero-order valence-corrected chi connectivity index (χ0v) is 24.4. The van der Waals surface area contributed by atoms with Crippen molar-refractivity contribution in [1.29, 1.82) is 0 Å². The van der Waals surface area contributed by atoms with Crippen molar-refractivity contribution in [2.75, 3.05) is 11.4 Å². The molecule has 9 heteroatoms. The molecule has 1 N–H and O–H groups in total. The summed E-state index contributed by atoms with van der Waals surface area (Å²) in [7, 11) is 0. The van der Waals surface area contributed by atoms with Gasteiger partial charge >= 0.3 is 6.18 Å². The second-order valence-electron chi connectivity index (χ2n) is 12.1. The van der Waals surface area contributed by atoms with Crippen LogP contribution in [0.5, 0.6) is 0 Å². The molecule has 0 saturated carbocycles. The molecule has 0 bridgehead atoms. The summed E-state index contributed by atoms with van der Waals surface area (Å²) >= 11 is 0. The molecule has 6 nitrogen and oxygen atoms in total. The lowest BCUT2D eigenvalue weighted by molar-refractivity contribution is -0.159. The molecule has 3 aliphatic rings. The summed E-state index contributed by atoms with van der Waals surface area (Å²) < 4.78 is 45.9. The molecular weight excluding hydrogens is 579 g/mol. The molecule has 0 radical (unpaired) electrons. The van der Waals surface area contributed by atoms with Crippen molar-refractivity contribution in [1.82, 2.24) is 10.2 Å². The number of halogens is 3. The maximum absolute atomic E-state index is 15.3. The van der Waals surface area contributed by atoms with E-state index in [2.05, 4.69) is 5.32 Å². The number of nitrogens with one attached hydrogen (secondary N) is 1. The third-order valence-corrected chi connectivity index (χ3v) is 9.55. The smallest absolute Gasteiger partial charge is 0.331 e. The zero-order chi connectivity index (χ0) is 31.6. The first-order valence-corrected chi connectivity index (χ1v) is 14.8. The molecule has 0 aliphatic carbocycles. The summed E-state index contributed by atoms with van der Waals surface area (Å²) in [5.41, 5.74) is -1.16. The summed E-state index contributed by atoms with van der Waals surface area (Å²) in [6.45, 7) is 1.50. The summed E-state index contributed by atoms with van der Waals surface area (Å²) in [4.78, 5) is 46.4. The summed E-state index contributed by atoms with van der Waals surface area (Å²) in [5.74, 6) is -4.14. The van der Waals surface area contributed by atoms with Crippen LogP contribution in [0, 0.1) is 12.3 Å². The Kier molecular flexibility index (Phi) is 6.70. The van der Waals surface area contributed by atoms with E-state index in [1.54, 1.807) is 79.7 Å². The van der Waals surface area contributed by atoms with E-state index in [1.165, 1.54) is 9.80 Å². The maximum Gasteiger partial charge on any atom is 0.404 e. The fraction of sp³-hybridized carbons (Fsp3) is 0.250. The number of hydrogen-bond donors (Lipinski definition) is 1. The van der Waals surface area contributed by atoms with Crippen LogP contribution in [0.3, 0.4) is 0 Å². The van der Waals surface area contributed by atoms with Crippen molar-refractivity contribution < 1.29 is 27.6 Å². The molecule has 4 aromatic rings. The first-order chi connectivity index (χ1) is 21.6. The van der Waals surface area contributed by atoms with Crippen LogP contribution in [0.15, 0.2) is 109 Å². The zero-order valence-electron chi connectivity index (χ0n) is 24.4. The Balaban J connectivity index is 1.48. The van der Waals surface area contributed by atoms with Crippen LogP contribution < -0.4 is 10.2 Å². The lowest BCUT2D eigenvalue weighted by atomic mass is 9.59. The van der Waals surface area contributed by atoms with Gasteiger partial charge in [0.1, 0.15) is 11.6 Å². The van der Waals surface area contributed by atoms with Crippen LogP contribution >= 0.6 is 0 Å². The van der Waals surface area contributed by atoms with Crippen LogP contribution in [0.1, 0.15) is 33.7 Å². The van der Waals surface area contributed by atoms with E-state index >= 15 is 13.2 Å². The summed E-state index contributed by atoms with van der Waals surface area (Å²) in [5, 5.41) is 2.75. The number of benzene rings is 4. The minimum atomic E-state index is -4.86.